The summed E-state index contributed by atoms with van der Waals surface area (Å²) in [6, 6.07) is 6.63. The minimum atomic E-state index is -0.270. The third-order valence-electron chi connectivity index (χ3n) is 1.81. The molecule has 0 aliphatic heterocycles. The van der Waals surface area contributed by atoms with Crippen LogP contribution in [-0.2, 0) is 9.53 Å². The van der Waals surface area contributed by atoms with Crippen molar-refractivity contribution in [2.45, 2.75) is 6.92 Å². The van der Waals surface area contributed by atoms with Gasteiger partial charge in [-0.1, -0.05) is 11.6 Å². The molecule has 1 N–H and O–H groups in total. The Morgan fingerprint density at radius 2 is 2.38 bits per heavy atom. The van der Waals surface area contributed by atoms with E-state index < -0.39 is 0 Å². The molecule has 0 saturated carbocycles. The van der Waals surface area contributed by atoms with Crippen molar-refractivity contribution in [3.05, 3.63) is 28.8 Å². The van der Waals surface area contributed by atoms with Crippen LogP contribution in [0, 0.1) is 11.3 Å². The molecule has 1 aromatic carbocycles. The molecule has 5 heteroatoms. The van der Waals surface area contributed by atoms with Crippen LogP contribution < -0.4 is 5.32 Å². The number of hydrogen-bond acceptors (Lipinski definition) is 3. The smallest absolute Gasteiger partial charge is 0.250 e. The summed E-state index contributed by atoms with van der Waals surface area (Å²) in [5.74, 6) is -0.270. The molecule has 0 bridgehead atoms. The Hall–Kier alpha value is -1.57. The fourth-order valence-corrected chi connectivity index (χ4v) is 1.29. The van der Waals surface area contributed by atoms with E-state index in [-0.39, 0.29) is 12.5 Å². The van der Waals surface area contributed by atoms with E-state index >= 15 is 0 Å². The van der Waals surface area contributed by atoms with Crippen LogP contribution in [0.1, 0.15) is 12.5 Å². The molecule has 1 rings (SSSR count). The van der Waals surface area contributed by atoms with E-state index in [9.17, 15) is 4.79 Å². The number of amides is 1. The van der Waals surface area contributed by atoms with Gasteiger partial charge in [-0.15, -0.1) is 0 Å². The number of nitrogens with zero attached hydrogens (tertiary/aromatic N) is 1. The van der Waals surface area contributed by atoms with Crippen LogP contribution in [0.4, 0.5) is 5.69 Å². The predicted octanol–water partition coefficient (Wildman–Crippen LogP) is 2.19. The van der Waals surface area contributed by atoms with E-state index in [1.165, 1.54) is 6.07 Å². The summed E-state index contributed by atoms with van der Waals surface area (Å²) < 4.78 is 4.94. The van der Waals surface area contributed by atoms with Gasteiger partial charge in [0.15, 0.2) is 0 Å². The highest BCUT2D eigenvalue weighted by atomic mass is 35.5. The fourth-order valence-electron chi connectivity index (χ4n) is 1.07. The van der Waals surface area contributed by atoms with Gasteiger partial charge in [0.1, 0.15) is 6.61 Å². The van der Waals surface area contributed by atoms with E-state index in [4.69, 9.17) is 21.6 Å². The lowest BCUT2D eigenvalue weighted by Gasteiger charge is -2.07. The highest BCUT2D eigenvalue weighted by Crippen LogP contribution is 2.22. The molecule has 0 spiro atoms. The van der Waals surface area contributed by atoms with Gasteiger partial charge in [-0.25, -0.2) is 0 Å². The van der Waals surface area contributed by atoms with Gasteiger partial charge in [-0.05, 0) is 25.1 Å². The zero-order valence-electron chi connectivity index (χ0n) is 8.79. The Kier molecular flexibility index (Phi) is 4.77. The SMILES string of the molecule is CCOCC(=O)Nc1ccc(C#N)cc1Cl. The summed E-state index contributed by atoms with van der Waals surface area (Å²) in [6.45, 7) is 2.28. The number of carbonyl (C=O) groups is 1. The maximum Gasteiger partial charge on any atom is 0.250 e. The van der Waals surface area contributed by atoms with Gasteiger partial charge in [0.05, 0.1) is 22.3 Å². The molecule has 0 radical (unpaired) electrons. The van der Waals surface area contributed by atoms with Crippen molar-refractivity contribution in [1.29, 1.82) is 5.26 Å². The quantitative estimate of drug-likeness (QED) is 0.875. The second-order valence-corrected chi connectivity index (χ2v) is 3.40. The lowest BCUT2D eigenvalue weighted by Crippen LogP contribution is -2.18. The summed E-state index contributed by atoms with van der Waals surface area (Å²) in [7, 11) is 0. The van der Waals surface area contributed by atoms with E-state index in [1.807, 2.05) is 13.0 Å². The van der Waals surface area contributed by atoms with Gasteiger partial charge in [-0.2, -0.15) is 5.26 Å². The maximum absolute atomic E-state index is 11.3. The normalized spacial score (nSPS) is 9.56. The van der Waals surface area contributed by atoms with Crippen LogP contribution in [-0.4, -0.2) is 19.1 Å². The molecule has 0 aromatic heterocycles. The number of nitriles is 1. The summed E-state index contributed by atoms with van der Waals surface area (Å²) in [5.41, 5.74) is 0.929. The second-order valence-electron chi connectivity index (χ2n) is 2.99. The molecular formula is C11H11ClN2O2. The van der Waals surface area contributed by atoms with Crippen LogP contribution in [0.15, 0.2) is 18.2 Å². The Morgan fingerprint density at radius 3 is 2.94 bits per heavy atom. The molecule has 16 heavy (non-hydrogen) atoms. The number of ether oxygens (including phenoxy) is 1. The molecule has 4 nitrogen and oxygen atoms in total. The van der Waals surface area contributed by atoms with E-state index in [2.05, 4.69) is 5.32 Å². The van der Waals surface area contributed by atoms with E-state index in [0.29, 0.717) is 22.9 Å². The average Bonchev–Trinajstić information content (AvgIpc) is 2.29. The van der Waals surface area contributed by atoms with Crippen molar-refractivity contribution in [3.8, 4) is 6.07 Å². The van der Waals surface area contributed by atoms with Gasteiger partial charge in [0.2, 0.25) is 5.91 Å². The van der Waals surface area contributed by atoms with Crippen LogP contribution in [0.3, 0.4) is 0 Å². The molecule has 84 valence electrons. The van der Waals surface area contributed by atoms with Crippen LogP contribution in [0.2, 0.25) is 5.02 Å². The van der Waals surface area contributed by atoms with Crippen LogP contribution in [0.5, 0.6) is 0 Å². The number of halogens is 1. The molecular weight excluding hydrogens is 228 g/mol. The zero-order chi connectivity index (χ0) is 12.0. The first-order chi connectivity index (χ1) is 7.67. The predicted molar refractivity (Wildman–Crippen MR) is 61.3 cm³/mol. The highest BCUT2D eigenvalue weighted by molar-refractivity contribution is 6.33. The second kappa shape index (κ2) is 6.11. The monoisotopic (exact) mass is 238 g/mol. The van der Waals surface area contributed by atoms with E-state index in [0.717, 1.165) is 0 Å². The van der Waals surface area contributed by atoms with Crippen molar-refractivity contribution < 1.29 is 9.53 Å². The van der Waals surface area contributed by atoms with E-state index in [1.54, 1.807) is 12.1 Å². The third kappa shape index (κ3) is 3.54. The fraction of sp³-hybridized carbons (Fsp3) is 0.273. The minimum Gasteiger partial charge on any atom is -0.372 e. The molecule has 0 aliphatic rings. The summed E-state index contributed by atoms with van der Waals surface area (Å²) in [4.78, 5) is 11.3. The number of hydrogen-bond donors (Lipinski definition) is 1. The Bertz CT molecular complexity index is 426. The molecule has 0 atom stereocenters. The van der Waals surface area contributed by atoms with Crippen LogP contribution in [0.25, 0.3) is 0 Å². The van der Waals surface area contributed by atoms with Crippen molar-refractivity contribution in [3.63, 3.8) is 0 Å². The van der Waals surface area contributed by atoms with Gasteiger partial charge in [0.25, 0.3) is 0 Å². The highest BCUT2D eigenvalue weighted by Gasteiger charge is 2.06. The number of nitrogens with one attached hydrogen (secondary N) is 1. The summed E-state index contributed by atoms with van der Waals surface area (Å²) >= 11 is 5.88. The van der Waals surface area contributed by atoms with Crippen molar-refractivity contribution in [2.75, 3.05) is 18.5 Å². The number of carbonyl (C=O) groups excluding carboxylic acids is 1. The zero-order valence-corrected chi connectivity index (χ0v) is 9.54. The van der Waals surface area contributed by atoms with Gasteiger partial charge >= 0.3 is 0 Å². The molecule has 0 saturated heterocycles. The Balaban J connectivity index is 2.68. The largest absolute Gasteiger partial charge is 0.372 e. The molecule has 0 aliphatic carbocycles. The topological polar surface area (TPSA) is 62.1 Å². The lowest BCUT2D eigenvalue weighted by molar-refractivity contribution is -0.120. The average molecular weight is 239 g/mol. The number of anilines is 1. The molecule has 1 aromatic rings. The summed E-state index contributed by atoms with van der Waals surface area (Å²) in [5, 5.41) is 11.6. The Labute approximate surface area is 98.8 Å². The first-order valence-corrected chi connectivity index (χ1v) is 5.12. The summed E-state index contributed by atoms with van der Waals surface area (Å²) in [6.07, 6.45) is 0. The molecule has 0 unspecified atom stereocenters. The number of benzene rings is 1. The lowest BCUT2D eigenvalue weighted by atomic mass is 10.2. The minimum absolute atomic E-state index is 0.00711. The maximum atomic E-state index is 11.3. The van der Waals surface area contributed by atoms with Crippen molar-refractivity contribution >= 4 is 23.2 Å². The standard InChI is InChI=1S/C11H11ClN2O2/c1-2-16-7-11(15)14-10-4-3-8(6-13)5-9(10)12/h3-5H,2,7H2,1H3,(H,14,15). The Morgan fingerprint density at radius 1 is 1.62 bits per heavy atom. The van der Waals surface area contributed by atoms with Gasteiger partial charge < -0.3 is 10.1 Å². The van der Waals surface area contributed by atoms with Gasteiger partial charge in [-0.3, -0.25) is 4.79 Å². The first kappa shape index (κ1) is 12.5. The van der Waals surface area contributed by atoms with Crippen molar-refractivity contribution in [1.82, 2.24) is 0 Å². The molecule has 0 fully saturated rings. The van der Waals surface area contributed by atoms with Gasteiger partial charge in [0, 0.05) is 6.61 Å². The first-order valence-electron chi connectivity index (χ1n) is 4.74. The molecule has 1 amide bonds. The molecule has 0 heterocycles. The van der Waals surface area contributed by atoms with Crippen LogP contribution >= 0.6 is 11.6 Å². The third-order valence-corrected chi connectivity index (χ3v) is 2.12. The number of rotatable bonds is 4. The van der Waals surface area contributed by atoms with Crippen molar-refractivity contribution in [2.24, 2.45) is 0 Å².